The highest BCUT2D eigenvalue weighted by Gasteiger charge is 2.30. The lowest BCUT2D eigenvalue weighted by Gasteiger charge is -2.16. The van der Waals surface area contributed by atoms with Gasteiger partial charge in [-0.1, -0.05) is 17.7 Å². The van der Waals surface area contributed by atoms with Crippen LogP contribution in [0.3, 0.4) is 0 Å². The number of aromatic nitrogens is 4. The Hall–Kier alpha value is -4.01. The van der Waals surface area contributed by atoms with Crippen LogP contribution < -0.4 is 16.2 Å². The van der Waals surface area contributed by atoms with Gasteiger partial charge in [-0.15, -0.1) is 0 Å². The molecule has 0 radical (unpaired) electrons. The van der Waals surface area contributed by atoms with Gasteiger partial charge in [-0.05, 0) is 44.9 Å². The minimum absolute atomic E-state index is 0.0999. The van der Waals surface area contributed by atoms with E-state index in [2.05, 4.69) is 25.6 Å². The maximum Gasteiger partial charge on any atom is 0.294 e. The Morgan fingerprint density at radius 3 is 2.88 bits per heavy atom. The van der Waals surface area contributed by atoms with Crippen molar-refractivity contribution in [1.82, 2.24) is 24.8 Å². The van der Waals surface area contributed by atoms with Gasteiger partial charge in [0.05, 0.1) is 6.54 Å². The van der Waals surface area contributed by atoms with Crippen molar-refractivity contribution < 1.29 is 9.18 Å². The monoisotopic (exact) mass is 460 g/mol. The van der Waals surface area contributed by atoms with E-state index in [1.54, 1.807) is 24.5 Å². The Morgan fingerprint density at radius 1 is 1.18 bits per heavy atom. The fraction of sp³-hybridized carbons (Fsp3) is 0.280. The average molecular weight is 461 g/mol. The number of hydrogen-bond acceptors (Lipinski definition) is 5. The molecule has 3 aromatic heterocycles. The quantitative estimate of drug-likeness (QED) is 0.410. The summed E-state index contributed by atoms with van der Waals surface area (Å²) in [7, 11) is 0. The molecule has 0 saturated heterocycles. The number of nitrogens with one attached hydrogen (secondary N) is 3. The van der Waals surface area contributed by atoms with Gasteiger partial charge in [0.15, 0.2) is 5.82 Å². The number of rotatable bonds is 6. The molecule has 4 heterocycles. The molecule has 5 rings (SSSR count). The third kappa shape index (κ3) is 4.16. The number of aryl methyl sites for hydroxylation is 3. The summed E-state index contributed by atoms with van der Waals surface area (Å²) < 4.78 is 15.6. The van der Waals surface area contributed by atoms with Gasteiger partial charge in [-0.3, -0.25) is 19.1 Å². The zero-order valence-corrected chi connectivity index (χ0v) is 19.0. The van der Waals surface area contributed by atoms with Gasteiger partial charge in [0.25, 0.3) is 5.56 Å². The van der Waals surface area contributed by atoms with Crippen LogP contribution in [-0.4, -0.2) is 25.4 Å². The summed E-state index contributed by atoms with van der Waals surface area (Å²) in [6, 6.07) is 8.12. The van der Waals surface area contributed by atoms with E-state index in [-0.39, 0.29) is 29.6 Å². The number of pyridine rings is 1. The van der Waals surface area contributed by atoms with Crippen LogP contribution >= 0.6 is 0 Å². The molecule has 4 aromatic rings. The molecular formula is C25H25FN6O2. The van der Waals surface area contributed by atoms with E-state index in [0.717, 1.165) is 27.9 Å². The number of anilines is 1. The molecule has 1 aliphatic rings. The summed E-state index contributed by atoms with van der Waals surface area (Å²) >= 11 is 0. The second kappa shape index (κ2) is 8.74. The molecule has 0 fully saturated rings. The number of amides is 1. The van der Waals surface area contributed by atoms with Crippen LogP contribution in [-0.2, 0) is 24.3 Å². The van der Waals surface area contributed by atoms with E-state index < -0.39 is 6.04 Å². The Balaban J connectivity index is 1.30. The summed E-state index contributed by atoms with van der Waals surface area (Å²) in [6.45, 7) is 4.24. The molecule has 1 aliphatic heterocycles. The normalized spacial score (nSPS) is 14.9. The number of H-pyrrole nitrogens is 1. The fourth-order valence-corrected chi connectivity index (χ4v) is 4.41. The number of halogens is 1. The highest BCUT2D eigenvalue weighted by Crippen LogP contribution is 2.24. The van der Waals surface area contributed by atoms with Gasteiger partial charge in [-0.25, -0.2) is 9.37 Å². The Bertz CT molecular complexity index is 1460. The third-order valence-corrected chi connectivity index (χ3v) is 6.16. The van der Waals surface area contributed by atoms with Crippen LogP contribution in [0.25, 0.3) is 10.9 Å². The molecule has 1 aromatic carbocycles. The first-order valence-electron chi connectivity index (χ1n) is 11.2. The van der Waals surface area contributed by atoms with Crippen LogP contribution in [0.15, 0.2) is 47.5 Å². The Labute approximate surface area is 195 Å². The lowest BCUT2D eigenvalue weighted by molar-refractivity contribution is -0.124. The number of benzene rings is 1. The summed E-state index contributed by atoms with van der Waals surface area (Å²) in [5.74, 6) is -0.474. The Morgan fingerprint density at radius 2 is 2.03 bits per heavy atom. The van der Waals surface area contributed by atoms with Crippen molar-refractivity contribution >= 4 is 22.6 Å². The van der Waals surface area contributed by atoms with Crippen molar-refractivity contribution in [2.24, 2.45) is 0 Å². The van der Waals surface area contributed by atoms with Crippen molar-refractivity contribution in [3.8, 4) is 0 Å². The van der Waals surface area contributed by atoms with Crippen LogP contribution in [0.2, 0.25) is 0 Å². The van der Waals surface area contributed by atoms with Gasteiger partial charge in [0.2, 0.25) is 5.91 Å². The number of nitrogens with zero attached hydrogens (tertiary/aromatic N) is 3. The van der Waals surface area contributed by atoms with E-state index in [1.165, 1.54) is 10.6 Å². The molecule has 0 spiro atoms. The van der Waals surface area contributed by atoms with Gasteiger partial charge < -0.3 is 15.6 Å². The summed E-state index contributed by atoms with van der Waals surface area (Å²) in [5.41, 5.74) is 4.44. The van der Waals surface area contributed by atoms with Gasteiger partial charge in [0.1, 0.15) is 11.9 Å². The smallest absolute Gasteiger partial charge is 0.294 e. The maximum atomic E-state index is 14.1. The molecule has 9 heteroatoms. The summed E-state index contributed by atoms with van der Waals surface area (Å²) in [6.07, 6.45) is 4.51. The Kier molecular flexibility index (Phi) is 5.61. The largest absolute Gasteiger partial charge is 0.361 e. The van der Waals surface area contributed by atoms with Crippen LogP contribution in [0, 0.1) is 19.7 Å². The zero-order valence-electron chi connectivity index (χ0n) is 19.0. The van der Waals surface area contributed by atoms with E-state index in [0.29, 0.717) is 30.6 Å². The van der Waals surface area contributed by atoms with E-state index in [9.17, 15) is 14.0 Å². The molecule has 3 N–H and O–H groups in total. The second-order valence-corrected chi connectivity index (χ2v) is 8.70. The minimum atomic E-state index is -0.616. The summed E-state index contributed by atoms with van der Waals surface area (Å²) in [5, 5.41) is 6.85. The molecule has 1 amide bonds. The summed E-state index contributed by atoms with van der Waals surface area (Å²) in [4.78, 5) is 37.9. The van der Waals surface area contributed by atoms with Crippen molar-refractivity contribution in [3.63, 3.8) is 0 Å². The predicted octanol–water partition coefficient (Wildman–Crippen LogP) is 3.29. The number of aromatic amines is 1. The number of carbonyl (C=O) groups is 1. The van der Waals surface area contributed by atoms with Crippen molar-refractivity contribution in [1.29, 1.82) is 0 Å². The molecule has 8 nitrogen and oxygen atoms in total. The SMILES string of the molecule is Cc1ccc(F)c(CNc2ncc3n(c2=O)[C@H](C(=O)NCc2cc4cnc(C)cc4[nH]2)CC3)c1. The van der Waals surface area contributed by atoms with Gasteiger partial charge in [-0.2, -0.15) is 0 Å². The van der Waals surface area contributed by atoms with E-state index in [1.807, 2.05) is 26.0 Å². The highest BCUT2D eigenvalue weighted by atomic mass is 19.1. The number of hydrogen-bond donors (Lipinski definition) is 3. The van der Waals surface area contributed by atoms with Crippen molar-refractivity contribution in [2.45, 2.75) is 45.8 Å². The predicted molar refractivity (Wildman–Crippen MR) is 127 cm³/mol. The fourth-order valence-electron chi connectivity index (χ4n) is 4.41. The lowest BCUT2D eigenvalue weighted by Crippen LogP contribution is -2.36. The standard InChI is InChI=1S/C25H25FN6O2/c1-14-3-5-20(26)16(7-14)10-28-23-25(34)32-19(13-29-23)4-6-22(32)24(33)30-12-18-9-17-11-27-15(2)8-21(17)31-18/h3,5,7-9,11,13,22,31H,4,6,10,12H2,1-2H3,(H,28,29)(H,30,33)/t22-/m0/s1. The molecule has 0 saturated carbocycles. The first kappa shape index (κ1) is 21.8. The number of fused-ring (bicyclic) bond motifs is 2. The maximum absolute atomic E-state index is 14.1. The van der Waals surface area contributed by atoms with E-state index >= 15 is 0 Å². The zero-order chi connectivity index (χ0) is 23.8. The average Bonchev–Trinajstić information content (AvgIpc) is 3.43. The van der Waals surface area contributed by atoms with Gasteiger partial charge in [0, 0.05) is 52.5 Å². The molecular weight excluding hydrogens is 435 g/mol. The molecule has 1 atom stereocenters. The van der Waals surface area contributed by atoms with Crippen LogP contribution in [0.4, 0.5) is 10.2 Å². The topological polar surface area (TPSA) is 105 Å². The second-order valence-electron chi connectivity index (χ2n) is 8.70. The molecule has 0 aliphatic carbocycles. The highest BCUT2D eigenvalue weighted by molar-refractivity contribution is 5.82. The van der Waals surface area contributed by atoms with Gasteiger partial charge >= 0.3 is 0 Å². The lowest BCUT2D eigenvalue weighted by atomic mass is 10.1. The number of carbonyl (C=O) groups excluding carboxylic acids is 1. The minimum Gasteiger partial charge on any atom is -0.361 e. The van der Waals surface area contributed by atoms with Crippen LogP contribution in [0.5, 0.6) is 0 Å². The van der Waals surface area contributed by atoms with E-state index in [4.69, 9.17) is 0 Å². The first-order valence-corrected chi connectivity index (χ1v) is 11.2. The molecule has 34 heavy (non-hydrogen) atoms. The van der Waals surface area contributed by atoms with Crippen molar-refractivity contribution in [3.05, 3.63) is 87.1 Å². The third-order valence-electron chi connectivity index (χ3n) is 6.16. The molecule has 0 unspecified atom stereocenters. The molecule has 174 valence electrons. The van der Waals surface area contributed by atoms with Crippen LogP contribution in [0.1, 0.15) is 40.7 Å². The molecule has 0 bridgehead atoms. The van der Waals surface area contributed by atoms with Crippen molar-refractivity contribution in [2.75, 3.05) is 5.32 Å². The first-order chi connectivity index (χ1) is 16.4.